The second kappa shape index (κ2) is 4.13. The second-order valence-electron chi connectivity index (χ2n) is 3.49. The zero-order valence-electron chi connectivity index (χ0n) is 8.66. The molecule has 0 radical (unpaired) electrons. The van der Waals surface area contributed by atoms with Crippen molar-refractivity contribution < 1.29 is 0 Å². The maximum atomic E-state index is 11.2. The molecule has 0 aliphatic rings. The molecule has 2 nitrogen and oxygen atoms in total. The highest BCUT2D eigenvalue weighted by atomic mass is 16.1. The molecule has 0 atom stereocenters. The number of rotatable bonds is 2. The second-order valence-corrected chi connectivity index (χ2v) is 3.49. The molecular weight excluding hydrogens is 186 g/mol. The number of H-pyrrole nitrogens is 1. The van der Waals surface area contributed by atoms with Gasteiger partial charge >= 0.3 is 0 Å². The Bertz CT molecular complexity index is 496. The molecule has 0 bridgehead atoms. The van der Waals surface area contributed by atoms with Crippen LogP contribution in [0.2, 0.25) is 0 Å². The van der Waals surface area contributed by atoms with E-state index in [1.54, 1.807) is 12.3 Å². The van der Waals surface area contributed by atoms with E-state index >= 15 is 0 Å². The number of aryl methyl sites for hydroxylation is 1. The maximum Gasteiger partial charge on any atom is 0.182 e. The van der Waals surface area contributed by atoms with Crippen LogP contribution in [0.4, 0.5) is 0 Å². The molecular formula is C13H13NO. The number of aromatic amines is 1. The molecule has 1 aromatic carbocycles. The van der Waals surface area contributed by atoms with Gasteiger partial charge in [-0.1, -0.05) is 31.2 Å². The summed E-state index contributed by atoms with van der Waals surface area (Å²) < 4.78 is 0. The third-order valence-electron chi connectivity index (χ3n) is 2.45. The van der Waals surface area contributed by atoms with Crippen LogP contribution in [0.3, 0.4) is 0 Å². The first-order valence-electron chi connectivity index (χ1n) is 5.07. The first-order valence-corrected chi connectivity index (χ1v) is 5.07. The number of aromatic nitrogens is 1. The number of hydrogen-bond acceptors (Lipinski definition) is 1. The van der Waals surface area contributed by atoms with Gasteiger partial charge in [0.1, 0.15) is 0 Å². The van der Waals surface area contributed by atoms with Gasteiger partial charge in [-0.3, -0.25) is 4.79 Å². The minimum Gasteiger partial charge on any atom is -0.361 e. The van der Waals surface area contributed by atoms with Gasteiger partial charge in [0.25, 0.3) is 0 Å². The molecule has 0 saturated heterocycles. The fourth-order valence-electron chi connectivity index (χ4n) is 1.53. The van der Waals surface area contributed by atoms with Crippen molar-refractivity contribution in [3.8, 4) is 11.3 Å². The summed E-state index contributed by atoms with van der Waals surface area (Å²) in [4.78, 5) is 14.2. The monoisotopic (exact) mass is 199 g/mol. The first kappa shape index (κ1) is 9.71. The molecule has 0 fully saturated rings. The topological polar surface area (TPSA) is 32.9 Å². The van der Waals surface area contributed by atoms with Gasteiger partial charge in [0, 0.05) is 24.0 Å². The van der Waals surface area contributed by atoms with Crippen LogP contribution in [0.25, 0.3) is 11.3 Å². The average molecular weight is 199 g/mol. The molecule has 2 heteroatoms. The van der Waals surface area contributed by atoms with Crippen molar-refractivity contribution in [1.82, 2.24) is 4.98 Å². The molecule has 2 rings (SSSR count). The molecule has 2 aromatic rings. The van der Waals surface area contributed by atoms with Gasteiger partial charge < -0.3 is 4.98 Å². The SMILES string of the molecule is CCc1ccc(-c2cc(=O)cc[nH]2)cc1. The molecule has 1 heterocycles. The summed E-state index contributed by atoms with van der Waals surface area (Å²) in [7, 11) is 0. The summed E-state index contributed by atoms with van der Waals surface area (Å²) >= 11 is 0. The van der Waals surface area contributed by atoms with E-state index < -0.39 is 0 Å². The minimum atomic E-state index is 0.0309. The van der Waals surface area contributed by atoms with Crippen LogP contribution in [-0.4, -0.2) is 4.98 Å². The van der Waals surface area contributed by atoms with Gasteiger partial charge in [0.05, 0.1) is 0 Å². The predicted molar refractivity (Wildman–Crippen MR) is 61.9 cm³/mol. The minimum absolute atomic E-state index is 0.0309. The van der Waals surface area contributed by atoms with Crippen LogP contribution in [0.1, 0.15) is 12.5 Å². The fraction of sp³-hybridized carbons (Fsp3) is 0.154. The van der Waals surface area contributed by atoms with Crippen molar-refractivity contribution in [2.24, 2.45) is 0 Å². The lowest BCUT2D eigenvalue weighted by atomic mass is 10.1. The average Bonchev–Trinajstić information content (AvgIpc) is 2.29. The highest BCUT2D eigenvalue weighted by Gasteiger charge is 1.97. The quantitative estimate of drug-likeness (QED) is 0.792. The summed E-state index contributed by atoms with van der Waals surface area (Å²) in [5.41, 5.74) is 3.25. The van der Waals surface area contributed by atoms with E-state index in [9.17, 15) is 4.79 Å². The molecule has 1 aromatic heterocycles. The molecule has 0 aliphatic heterocycles. The summed E-state index contributed by atoms with van der Waals surface area (Å²) in [6.07, 6.45) is 2.71. The van der Waals surface area contributed by atoms with Crippen LogP contribution >= 0.6 is 0 Å². The lowest BCUT2D eigenvalue weighted by molar-refractivity contribution is 1.14. The Morgan fingerprint density at radius 2 is 1.87 bits per heavy atom. The fourth-order valence-corrected chi connectivity index (χ4v) is 1.53. The summed E-state index contributed by atoms with van der Waals surface area (Å²) in [6.45, 7) is 2.12. The van der Waals surface area contributed by atoms with Crippen molar-refractivity contribution in [1.29, 1.82) is 0 Å². The number of nitrogens with one attached hydrogen (secondary N) is 1. The Morgan fingerprint density at radius 1 is 1.13 bits per heavy atom. The van der Waals surface area contributed by atoms with Crippen LogP contribution in [0.5, 0.6) is 0 Å². The van der Waals surface area contributed by atoms with Gasteiger partial charge in [-0.15, -0.1) is 0 Å². The van der Waals surface area contributed by atoms with Crippen molar-refractivity contribution in [3.05, 3.63) is 58.4 Å². The third kappa shape index (κ3) is 2.15. The normalized spacial score (nSPS) is 10.2. The predicted octanol–water partition coefficient (Wildman–Crippen LogP) is 2.60. The first-order chi connectivity index (χ1) is 7.29. The van der Waals surface area contributed by atoms with E-state index in [0.717, 1.165) is 17.7 Å². The zero-order chi connectivity index (χ0) is 10.7. The van der Waals surface area contributed by atoms with Gasteiger partial charge in [-0.2, -0.15) is 0 Å². The smallest absolute Gasteiger partial charge is 0.182 e. The van der Waals surface area contributed by atoms with Crippen LogP contribution in [0, 0.1) is 0 Å². The van der Waals surface area contributed by atoms with Crippen molar-refractivity contribution in [2.45, 2.75) is 13.3 Å². The molecule has 0 aliphatic carbocycles. The molecule has 0 amide bonds. The summed E-state index contributed by atoms with van der Waals surface area (Å²) in [5.74, 6) is 0. The third-order valence-corrected chi connectivity index (χ3v) is 2.45. The lowest BCUT2D eigenvalue weighted by Gasteiger charge is -2.02. The number of benzene rings is 1. The van der Waals surface area contributed by atoms with Crippen LogP contribution in [0.15, 0.2) is 47.4 Å². The molecule has 0 unspecified atom stereocenters. The van der Waals surface area contributed by atoms with Crippen molar-refractivity contribution >= 4 is 0 Å². The highest BCUT2D eigenvalue weighted by molar-refractivity contribution is 5.58. The standard InChI is InChI=1S/C13H13NO/c1-2-10-3-5-11(6-4-10)13-9-12(15)7-8-14-13/h3-9H,2H2,1H3,(H,14,15). The largest absolute Gasteiger partial charge is 0.361 e. The van der Waals surface area contributed by atoms with E-state index in [0.29, 0.717) is 0 Å². The lowest BCUT2D eigenvalue weighted by Crippen LogP contribution is -1.97. The molecule has 15 heavy (non-hydrogen) atoms. The van der Waals surface area contributed by atoms with E-state index in [2.05, 4.69) is 24.0 Å². The van der Waals surface area contributed by atoms with Gasteiger partial charge in [0.15, 0.2) is 5.43 Å². The zero-order valence-corrected chi connectivity index (χ0v) is 8.66. The van der Waals surface area contributed by atoms with E-state index in [-0.39, 0.29) is 5.43 Å². The summed E-state index contributed by atoms with van der Waals surface area (Å²) in [5, 5.41) is 0. The van der Waals surface area contributed by atoms with E-state index in [4.69, 9.17) is 0 Å². The Kier molecular flexibility index (Phi) is 2.68. The van der Waals surface area contributed by atoms with Gasteiger partial charge in [-0.25, -0.2) is 0 Å². The van der Waals surface area contributed by atoms with Crippen molar-refractivity contribution in [3.63, 3.8) is 0 Å². The number of hydrogen-bond donors (Lipinski definition) is 1. The number of pyridine rings is 1. The Balaban J connectivity index is 2.41. The maximum absolute atomic E-state index is 11.2. The summed E-state index contributed by atoms with van der Waals surface area (Å²) in [6, 6.07) is 11.4. The molecule has 76 valence electrons. The van der Waals surface area contributed by atoms with Crippen molar-refractivity contribution in [2.75, 3.05) is 0 Å². The molecule has 1 N–H and O–H groups in total. The van der Waals surface area contributed by atoms with Crippen LogP contribution < -0.4 is 5.43 Å². The van der Waals surface area contributed by atoms with E-state index in [1.807, 2.05) is 12.1 Å². The van der Waals surface area contributed by atoms with Crippen LogP contribution in [-0.2, 0) is 6.42 Å². The Morgan fingerprint density at radius 3 is 2.47 bits per heavy atom. The molecule has 0 spiro atoms. The Labute approximate surface area is 88.6 Å². The Hall–Kier alpha value is -1.83. The van der Waals surface area contributed by atoms with Gasteiger partial charge in [-0.05, 0) is 17.5 Å². The van der Waals surface area contributed by atoms with Gasteiger partial charge in [0.2, 0.25) is 0 Å². The molecule has 0 saturated carbocycles. The van der Waals surface area contributed by atoms with E-state index in [1.165, 1.54) is 11.6 Å². The highest BCUT2D eigenvalue weighted by Crippen LogP contribution is 2.15.